The van der Waals surface area contributed by atoms with E-state index in [0.717, 1.165) is 31.8 Å². The van der Waals surface area contributed by atoms with Crippen LogP contribution in [0.3, 0.4) is 0 Å². The minimum absolute atomic E-state index is 0.134. The van der Waals surface area contributed by atoms with E-state index in [9.17, 15) is 8.42 Å². The maximum atomic E-state index is 11.8. The van der Waals surface area contributed by atoms with E-state index in [4.69, 9.17) is 0 Å². The zero-order valence-corrected chi connectivity index (χ0v) is 13.7. The van der Waals surface area contributed by atoms with E-state index in [2.05, 4.69) is 29.2 Å². The Balaban J connectivity index is 2.86. The van der Waals surface area contributed by atoms with Crippen molar-refractivity contribution >= 4 is 9.84 Å². The van der Waals surface area contributed by atoms with Crippen LogP contribution in [0.2, 0.25) is 0 Å². The molecule has 7 heteroatoms. The van der Waals surface area contributed by atoms with Gasteiger partial charge in [0, 0.05) is 25.3 Å². The summed E-state index contributed by atoms with van der Waals surface area (Å²) < 4.78 is 25.4. The molecule has 2 unspecified atom stereocenters. The number of hydrogen-bond acceptors (Lipinski definition) is 5. The fourth-order valence-corrected chi connectivity index (χ4v) is 2.86. The molecule has 0 radical (unpaired) electrons. The highest BCUT2D eigenvalue weighted by Gasteiger charge is 2.27. The molecule has 0 fully saturated rings. The maximum absolute atomic E-state index is 11.8. The van der Waals surface area contributed by atoms with Crippen molar-refractivity contribution in [3.8, 4) is 0 Å². The third kappa shape index (κ3) is 4.86. The van der Waals surface area contributed by atoms with Crippen LogP contribution in [0.4, 0.5) is 0 Å². The number of aromatic nitrogens is 3. The van der Waals surface area contributed by atoms with Gasteiger partial charge in [0.25, 0.3) is 0 Å². The SMILES string of the molecule is CCCNC(Cc1ncnn1CCC)C(C)S(C)(=O)=O. The fraction of sp³-hybridized carbons (Fsp3) is 0.846. The summed E-state index contributed by atoms with van der Waals surface area (Å²) in [5, 5.41) is 7.07. The summed E-state index contributed by atoms with van der Waals surface area (Å²) in [7, 11) is -3.08. The van der Waals surface area contributed by atoms with Crippen LogP contribution in [0.1, 0.15) is 39.4 Å². The summed E-state index contributed by atoms with van der Waals surface area (Å²) in [6, 6.07) is -0.134. The van der Waals surface area contributed by atoms with Crippen LogP contribution in [0.15, 0.2) is 6.33 Å². The van der Waals surface area contributed by atoms with Gasteiger partial charge in [-0.05, 0) is 26.3 Å². The summed E-state index contributed by atoms with van der Waals surface area (Å²) in [5.41, 5.74) is 0. The molecule has 0 saturated heterocycles. The van der Waals surface area contributed by atoms with Crippen molar-refractivity contribution in [2.75, 3.05) is 12.8 Å². The molecule has 20 heavy (non-hydrogen) atoms. The molecule has 0 aliphatic carbocycles. The normalized spacial score (nSPS) is 15.2. The second-order valence-electron chi connectivity index (χ2n) is 5.20. The van der Waals surface area contributed by atoms with Crippen LogP contribution in [-0.2, 0) is 22.8 Å². The molecule has 1 aromatic rings. The molecule has 0 aliphatic rings. The molecule has 0 amide bonds. The van der Waals surface area contributed by atoms with Crippen molar-refractivity contribution in [1.29, 1.82) is 0 Å². The number of hydrogen-bond donors (Lipinski definition) is 1. The number of rotatable bonds is 9. The second-order valence-corrected chi connectivity index (χ2v) is 7.60. The van der Waals surface area contributed by atoms with Crippen molar-refractivity contribution < 1.29 is 8.42 Å². The van der Waals surface area contributed by atoms with Crippen LogP contribution < -0.4 is 5.32 Å². The zero-order valence-electron chi connectivity index (χ0n) is 12.8. The minimum atomic E-state index is -3.08. The Morgan fingerprint density at radius 1 is 1.35 bits per heavy atom. The maximum Gasteiger partial charge on any atom is 0.151 e. The summed E-state index contributed by atoms with van der Waals surface area (Å²) >= 11 is 0. The number of sulfone groups is 1. The average Bonchev–Trinajstić information content (AvgIpc) is 2.80. The van der Waals surface area contributed by atoms with Gasteiger partial charge in [-0.3, -0.25) is 4.68 Å². The van der Waals surface area contributed by atoms with E-state index < -0.39 is 15.1 Å². The fourth-order valence-electron chi connectivity index (χ4n) is 2.07. The van der Waals surface area contributed by atoms with E-state index >= 15 is 0 Å². The predicted molar refractivity (Wildman–Crippen MR) is 80.4 cm³/mol. The van der Waals surface area contributed by atoms with Crippen molar-refractivity contribution in [2.45, 2.75) is 57.9 Å². The Kier molecular flexibility index (Phi) is 6.61. The molecule has 1 N–H and O–H groups in total. The van der Waals surface area contributed by atoms with E-state index in [-0.39, 0.29) is 6.04 Å². The minimum Gasteiger partial charge on any atom is -0.312 e. The lowest BCUT2D eigenvalue weighted by atomic mass is 10.1. The largest absolute Gasteiger partial charge is 0.312 e. The quantitative estimate of drug-likeness (QED) is 0.737. The van der Waals surface area contributed by atoms with E-state index in [1.807, 2.05) is 4.68 Å². The first-order valence-electron chi connectivity index (χ1n) is 7.19. The third-order valence-electron chi connectivity index (χ3n) is 3.43. The van der Waals surface area contributed by atoms with Crippen molar-refractivity contribution in [2.24, 2.45) is 0 Å². The monoisotopic (exact) mass is 302 g/mol. The Hall–Kier alpha value is -0.950. The molecular weight excluding hydrogens is 276 g/mol. The van der Waals surface area contributed by atoms with Gasteiger partial charge in [0.05, 0.1) is 5.25 Å². The van der Waals surface area contributed by atoms with Gasteiger partial charge in [-0.25, -0.2) is 13.4 Å². The van der Waals surface area contributed by atoms with Gasteiger partial charge in [0.2, 0.25) is 0 Å². The van der Waals surface area contributed by atoms with Crippen LogP contribution in [-0.4, -0.2) is 47.3 Å². The molecule has 0 spiro atoms. The highest BCUT2D eigenvalue weighted by Crippen LogP contribution is 2.10. The van der Waals surface area contributed by atoms with Gasteiger partial charge in [-0.2, -0.15) is 5.10 Å². The molecule has 0 saturated carbocycles. The molecule has 116 valence electrons. The van der Waals surface area contributed by atoms with Gasteiger partial charge in [-0.15, -0.1) is 0 Å². The number of aryl methyl sites for hydroxylation is 1. The zero-order chi connectivity index (χ0) is 15.2. The van der Waals surface area contributed by atoms with Gasteiger partial charge < -0.3 is 5.32 Å². The highest BCUT2D eigenvalue weighted by atomic mass is 32.2. The Labute approximate surface area is 121 Å². The van der Waals surface area contributed by atoms with Crippen LogP contribution in [0, 0.1) is 0 Å². The van der Waals surface area contributed by atoms with Crippen LogP contribution in [0.25, 0.3) is 0 Å². The topological polar surface area (TPSA) is 76.9 Å². The van der Waals surface area contributed by atoms with Gasteiger partial charge in [-0.1, -0.05) is 13.8 Å². The molecule has 6 nitrogen and oxygen atoms in total. The molecule has 1 heterocycles. The summed E-state index contributed by atoms with van der Waals surface area (Å²) in [5.74, 6) is 0.843. The third-order valence-corrected chi connectivity index (χ3v) is 5.11. The molecule has 0 aliphatic heterocycles. The predicted octanol–water partition coefficient (Wildman–Crippen LogP) is 1.03. The lowest BCUT2D eigenvalue weighted by molar-refractivity contribution is 0.457. The Morgan fingerprint density at radius 2 is 2.05 bits per heavy atom. The van der Waals surface area contributed by atoms with Gasteiger partial charge >= 0.3 is 0 Å². The Bertz CT molecular complexity index is 498. The molecule has 1 rings (SSSR count). The molecule has 0 aromatic carbocycles. The van der Waals surface area contributed by atoms with Crippen LogP contribution in [0.5, 0.6) is 0 Å². The summed E-state index contributed by atoms with van der Waals surface area (Å²) in [6.07, 6.45) is 5.34. The lowest BCUT2D eigenvalue weighted by Crippen LogP contribution is -2.44. The van der Waals surface area contributed by atoms with Gasteiger partial charge in [0.15, 0.2) is 9.84 Å². The smallest absolute Gasteiger partial charge is 0.151 e. The van der Waals surface area contributed by atoms with E-state index in [0.29, 0.717) is 6.42 Å². The molecule has 0 bridgehead atoms. The first-order valence-corrected chi connectivity index (χ1v) is 9.14. The first-order chi connectivity index (χ1) is 9.40. The number of nitrogens with one attached hydrogen (secondary N) is 1. The molecular formula is C13H26N4O2S. The van der Waals surface area contributed by atoms with Crippen LogP contribution >= 0.6 is 0 Å². The van der Waals surface area contributed by atoms with Gasteiger partial charge in [0.1, 0.15) is 12.2 Å². The standard InChI is InChI=1S/C13H26N4O2S/c1-5-7-14-12(11(3)20(4,18)19)9-13-15-10-16-17(13)8-6-2/h10-12,14H,5-9H2,1-4H3. The average molecular weight is 302 g/mol. The lowest BCUT2D eigenvalue weighted by Gasteiger charge is -2.23. The van der Waals surface area contributed by atoms with Crippen molar-refractivity contribution in [3.05, 3.63) is 12.2 Å². The number of nitrogens with zero attached hydrogens (tertiary/aromatic N) is 3. The van der Waals surface area contributed by atoms with Crippen molar-refractivity contribution in [1.82, 2.24) is 20.1 Å². The first kappa shape index (κ1) is 17.1. The van der Waals surface area contributed by atoms with E-state index in [1.54, 1.807) is 6.92 Å². The summed E-state index contributed by atoms with van der Waals surface area (Å²) in [6.45, 7) is 7.50. The van der Waals surface area contributed by atoms with E-state index in [1.165, 1.54) is 12.6 Å². The highest BCUT2D eigenvalue weighted by molar-refractivity contribution is 7.91. The molecule has 2 atom stereocenters. The second kappa shape index (κ2) is 7.73. The summed E-state index contributed by atoms with van der Waals surface area (Å²) in [4.78, 5) is 4.26. The molecule has 1 aromatic heterocycles. The van der Waals surface area contributed by atoms with Crippen molar-refractivity contribution in [3.63, 3.8) is 0 Å². The Morgan fingerprint density at radius 3 is 2.60 bits per heavy atom.